The molecule has 5 heteroatoms. The van der Waals surface area contributed by atoms with Crippen molar-refractivity contribution in [2.45, 2.75) is 19.3 Å². The highest BCUT2D eigenvalue weighted by Crippen LogP contribution is 2.38. The smallest absolute Gasteiger partial charge is 0.313 e. The molecule has 0 unspecified atom stereocenters. The number of carboxylic acid groups (broad SMARTS) is 1. The lowest BCUT2D eigenvalue weighted by molar-refractivity contribution is -0.142. The van der Waals surface area contributed by atoms with Crippen molar-refractivity contribution in [3.63, 3.8) is 0 Å². The molecule has 0 aromatic heterocycles. The molecule has 0 amide bonds. The molecule has 4 nitrogen and oxygen atoms in total. The standard InChI is InChI=1S/C12H15ClO4/c1-12(2,11(14)15)7-5-9(16-3)10(17-4)6-8(7)13/h5-6H,1-4H3,(H,14,15). The molecule has 1 aromatic rings. The van der Waals surface area contributed by atoms with Gasteiger partial charge in [0.15, 0.2) is 11.5 Å². The minimum Gasteiger partial charge on any atom is -0.493 e. The van der Waals surface area contributed by atoms with Gasteiger partial charge in [0.05, 0.1) is 19.6 Å². The van der Waals surface area contributed by atoms with E-state index in [2.05, 4.69) is 0 Å². The van der Waals surface area contributed by atoms with Crippen LogP contribution in [0.2, 0.25) is 5.02 Å². The molecule has 0 fully saturated rings. The predicted molar refractivity (Wildman–Crippen MR) is 65.2 cm³/mol. The van der Waals surface area contributed by atoms with E-state index in [1.54, 1.807) is 26.0 Å². The van der Waals surface area contributed by atoms with Crippen molar-refractivity contribution in [3.8, 4) is 11.5 Å². The van der Waals surface area contributed by atoms with Crippen LogP contribution in [0.3, 0.4) is 0 Å². The Bertz CT molecular complexity index is 440. The number of hydrogen-bond acceptors (Lipinski definition) is 3. The number of carbonyl (C=O) groups is 1. The minimum absolute atomic E-state index is 0.343. The molecule has 1 N–H and O–H groups in total. The summed E-state index contributed by atoms with van der Waals surface area (Å²) in [5.74, 6) is -0.0183. The maximum Gasteiger partial charge on any atom is 0.313 e. The summed E-state index contributed by atoms with van der Waals surface area (Å²) in [4.78, 5) is 11.2. The van der Waals surface area contributed by atoms with Crippen molar-refractivity contribution >= 4 is 17.6 Å². The zero-order valence-electron chi connectivity index (χ0n) is 10.2. The molecule has 0 saturated heterocycles. The molecule has 0 saturated carbocycles. The second-order valence-corrected chi connectivity index (χ2v) is 4.52. The molecule has 0 radical (unpaired) electrons. The molecule has 0 aliphatic heterocycles. The second kappa shape index (κ2) is 4.84. The maximum atomic E-state index is 11.2. The third-order valence-electron chi connectivity index (χ3n) is 2.68. The average molecular weight is 259 g/mol. The van der Waals surface area contributed by atoms with Gasteiger partial charge >= 0.3 is 5.97 Å². The summed E-state index contributed by atoms with van der Waals surface area (Å²) in [6.07, 6.45) is 0. The first kappa shape index (κ1) is 13.6. The third-order valence-corrected chi connectivity index (χ3v) is 2.99. The van der Waals surface area contributed by atoms with E-state index in [4.69, 9.17) is 21.1 Å². The number of carboxylic acids is 1. The van der Waals surface area contributed by atoms with Gasteiger partial charge in [0.1, 0.15) is 0 Å². The lowest BCUT2D eigenvalue weighted by atomic mass is 9.84. The maximum absolute atomic E-state index is 11.2. The predicted octanol–water partition coefficient (Wildman–Crippen LogP) is 2.72. The molecule has 1 rings (SSSR count). The summed E-state index contributed by atoms with van der Waals surface area (Å²) in [6.45, 7) is 3.17. The Labute approximate surface area is 105 Å². The SMILES string of the molecule is COc1cc(Cl)c(C(C)(C)C(=O)O)cc1OC. The summed E-state index contributed by atoms with van der Waals surface area (Å²) >= 11 is 6.07. The van der Waals surface area contributed by atoms with Gasteiger partial charge < -0.3 is 14.6 Å². The van der Waals surface area contributed by atoms with E-state index < -0.39 is 11.4 Å². The summed E-state index contributed by atoms with van der Waals surface area (Å²) in [6, 6.07) is 3.15. The molecule has 0 atom stereocenters. The van der Waals surface area contributed by atoms with Crippen LogP contribution in [0.5, 0.6) is 11.5 Å². The van der Waals surface area contributed by atoms with Gasteiger partial charge in [-0.3, -0.25) is 4.79 Å². The van der Waals surface area contributed by atoms with E-state index in [9.17, 15) is 9.90 Å². The first-order valence-corrected chi connectivity index (χ1v) is 5.37. The molecule has 0 aliphatic rings. The first-order chi connectivity index (χ1) is 7.84. The van der Waals surface area contributed by atoms with Crippen molar-refractivity contribution in [2.24, 2.45) is 0 Å². The molecule has 0 spiro atoms. The van der Waals surface area contributed by atoms with Gasteiger partial charge in [-0.2, -0.15) is 0 Å². The lowest BCUT2D eigenvalue weighted by Crippen LogP contribution is -2.28. The van der Waals surface area contributed by atoms with E-state index in [1.807, 2.05) is 0 Å². The van der Waals surface area contributed by atoms with Crippen LogP contribution in [0.4, 0.5) is 0 Å². The summed E-state index contributed by atoms with van der Waals surface area (Å²) in [5.41, 5.74) is -0.597. The van der Waals surface area contributed by atoms with Gasteiger partial charge in [0.25, 0.3) is 0 Å². The summed E-state index contributed by atoms with van der Waals surface area (Å²) < 4.78 is 10.2. The second-order valence-electron chi connectivity index (χ2n) is 4.12. The number of rotatable bonds is 4. The van der Waals surface area contributed by atoms with Gasteiger partial charge in [-0.15, -0.1) is 0 Å². The zero-order chi connectivity index (χ0) is 13.2. The number of ether oxygens (including phenoxy) is 2. The fourth-order valence-electron chi connectivity index (χ4n) is 1.45. The van der Waals surface area contributed by atoms with Crippen LogP contribution in [0.15, 0.2) is 12.1 Å². The Morgan fingerprint density at radius 1 is 1.24 bits per heavy atom. The monoisotopic (exact) mass is 258 g/mol. The van der Waals surface area contributed by atoms with E-state index in [1.165, 1.54) is 14.2 Å². The lowest BCUT2D eigenvalue weighted by Gasteiger charge is -2.22. The van der Waals surface area contributed by atoms with Gasteiger partial charge in [0.2, 0.25) is 0 Å². The number of hydrogen-bond donors (Lipinski definition) is 1. The topological polar surface area (TPSA) is 55.8 Å². The van der Waals surface area contributed by atoms with Gasteiger partial charge in [-0.1, -0.05) is 11.6 Å². The van der Waals surface area contributed by atoms with Gasteiger partial charge in [-0.05, 0) is 25.5 Å². The van der Waals surface area contributed by atoms with Crippen molar-refractivity contribution in [1.29, 1.82) is 0 Å². The molecule has 0 aliphatic carbocycles. The van der Waals surface area contributed by atoms with Crippen molar-refractivity contribution < 1.29 is 19.4 Å². The molecule has 0 heterocycles. The largest absolute Gasteiger partial charge is 0.493 e. The van der Waals surface area contributed by atoms with E-state index >= 15 is 0 Å². The van der Waals surface area contributed by atoms with Crippen LogP contribution in [-0.4, -0.2) is 25.3 Å². The Morgan fingerprint density at radius 3 is 2.12 bits per heavy atom. The Hall–Kier alpha value is -1.42. The number of methoxy groups -OCH3 is 2. The Kier molecular flexibility index (Phi) is 3.88. The molecular formula is C12H15ClO4. The van der Waals surface area contributed by atoms with Crippen molar-refractivity contribution in [1.82, 2.24) is 0 Å². The number of aliphatic carboxylic acids is 1. The van der Waals surface area contributed by atoms with Crippen LogP contribution in [0, 0.1) is 0 Å². The first-order valence-electron chi connectivity index (χ1n) is 5.00. The molecule has 0 bridgehead atoms. The molecule has 17 heavy (non-hydrogen) atoms. The van der Waals surface area contributed by atoms with E-state index in [0.29, 0.717) is 22.1 Å². The molecular weight excluding hydrogens is 244 g/mol. The average Bonchev–Trinajstić information content (AvgIpc) is 2.27. The Morgan fingerprint density at radius 2 is 1.71 bits per heavy atom. The highest BCUT2D eigenvalue weighted by atomic mass is 35.5. The van der Waals surface area contributed by atoms with Gasteiger partial charge in [0, 0.05) is 11.1 Å². The van der Waals surface area contributed by atoms with Gasteiger partial charge in [-0.25, -0.2) is 0 Å². The van der Waals surface area contributed by atoms with Crippen LogP contribution in [-0.2, 0) is 10.2 Å². The van der Waals surface area contributed by atoms with E-state index in [-0.39, 0.29) is 0 Å². The van der Waals surface area contributed by atoms with Crippen LogP contribution in [0.1, 0.15) is 19.4 Å². The summed E-state index contributed by atoms with van der Waals surface area (Å²) in [5, 5.41) is 9.52. The summed E-state index contributed by atoms with van der Waals surface area (Å²) in [7, 11) is 2.99. The zero-order valence-corrected chi connectivity index (χ0v) is 11.0. The third kappa shape index (κ3) is 2.47. The van der Waals surface area contributed by atoms with Crippen LogP contribution >= 0.6 is 11.6 Å². The number of halogens is 1. The van der Waals surface area contributed by atoms with Crippen LogP contribution in [0.25, 0.3) is 0 Å². The molecule has 94 valence electrons. The fraction of sp³-hybridized carbons (Fsp3) is 0.417. The number of benzene rings is 1. The minimum atomic E-state index is -1.09. The quantitative estimate of drug-likeness (QED) is 0.902. The van der Waals surface area contributed by atoms with Crippen molar-refractivity contribution in [3.05, 3.63) is 22.7 Å². The highest BCUT2D eigenvalue weighted by molar-refractivity contribution is 6.32. The highest BCUT2D eigenvalue weighted by Gasteiger charge is 2.32. The Balaban J connectivity index is 3.41. The molecule has 1 aromatic carbocycles. The van der Waals surface area contributed by atoms with Crippen LogP contribution < -0.4 is 9.47 Å². The fourth-order valence-corrected chi connectivity index (χ4v) is 1.84. The normalized spacial score (nSPS) is 11.1. The van der Waals surface area contributed by atoms with Crippen molar-refractivity contribution in [2.75, 3.05) is 14.2 Å². The van der Waals surface area contributed by atoms with E-state index in [0.717, 1.165) is 0 Å².